The average Bonchev–Trinajstić information content (AvgIpc) is 3.20. The topological polar surface area (TPSA) is 29.5 Å². The van der Waals surface area contributed by atoms with Crippen LogP contribution in [0.1, 0.15) is 76.0 Å². The van der Waals surface area contributed by atoms with Gasteiger partial charge in [-0.3, -0.25) is 4.79 Å². The lowest BCUT2D eigenvalue weighted by atomic mass is 9.79. The van der Waals surface area contributed by atoms with Crippen LogP contribution >= 0.6 is 23.2 Å². The molecular weight excluding hydrogens is 481 g/mol. The van der Waals surface area contributed by atoms with Crippen LogP contribution in [0.2, 0.25) is 28.2 Å². The van der Waals surface area contributed by atoms with Crippen molar-refractivity contribution < 1.29 is 9.22 Å². The minimum absolute atomic E-state index is 0.0337. The molecule has 2 aromatic rings. The third kappa shape index (κ3) is 5.40. The largest absolute Gasteiger partial charge is 0.414 e. The normalized spacial score (nSPS) is 26.2. The van der Waals surface area contributed by atoms with Crippen molar-refractivity contribution in [2.45, 2.75) is 95.1 Å². The number of nitrogens with zero attached hydrogens (tertiary/aromatic N) is 1. The van der Waals surface area contributed by atoms with E-state index in [-0.39, 0.29) is 35.1 Å². The Labute approximate surface area is 215 Å². The second-order valence-corrected chi connectivity index (χ2v) is 17.1. The zero-order valence-electron chi connectivity index (χ0n) is 21.0. The van der Waals surface area contributed by atoms with Crippen LogP contribution in [-0.2, 0) is 9.22 Å². The van der Waals surface area contributed by atoms with Gasteiger partial charge in [0, 0.05) is 34.5 Å². The molecule has 2 fully saturated rings. The molecule has 4 atom stereocenters. The molecule has 0 N–H and O–H groups in total. The number of benzene rings is 2. The molecule has 0 unspecified atom stereocenters. The van der Waals surface area contributed by atoms with Crippen molar-refractivity contribution in [1.29, 1.82) is 0 Å². The predicted octanol–water partition coefficient (Wildman–Crippen LogP) is 8.38. The van der Waals surface area contributed by atoms with Gasteiger partial charge >= 0.3 is 0 Å². The summed E-state index contributed by atoms with van der Waals surface area (Å²) < 4.78 is 6.77. The highest BCUT2D eigenvalue weighted by molar-refractivity contribution is 6.74. The number of amides is 1. The molecule has 0 aromatic heterocycles. The highest BCUT2D eigenvalue weighted by Crippen LogP contribution is 2.47. The maximum Gasteiger partial charge on any atom is 0.223 e. The number of carbonyl (C=O) groups is 1. The SMILES string of the molecule is CC(C)(C)[Si](C)(C)O[C@H]1CC[C@H](N2C(=O)CC[C@H](c3cccc(Cl)c3)[C@H]2c2ccc(Cl)cc2)C1. The van der Waals surface area contributed by atoms with E-state index in [2.05, 4.69) is 63.0 Å². The lowest BCUT2D eigenvalue weighted by molar-refractivity contribution is -0.140. The quantitative estimate of drug-likeness (QED) is 0.372. The van der Waals surface area contributed by atoms with Crippen molar-refractivity contribution >= 4 is 37.4 Å². The molecule has 34 heavy (non-hydrogen) atoms. The van der Waals surface area contributed by atoms with E-state index in [9.17, 15) is 4.79 Å². The minimum atomic E-state index is -1.86. The lowest BCUT2D eigenvalue weighted by Crippen LogP contribution is -2.48. The second kappa shape index (κ2) is 9.97. The average molecular weight is 519 g/mol. The Kier molecular flexibility index (Phi) is 7.55. The zero-order valence-corrected chi connectivity index (χ0v) is 23.5. The number of hydrogen-bond donors (Lipinski definition) is 0. The number of halogens is 2. The zero-order chi connectivity index (χ0) is 24.7. The fraction of sp³-hybridized carbons (Fsp3) is 0.536. The van der Waals surface area contributed by atoms with Gasteiger partial charge < -0.3 is 9.33 Å². The minimum Gasteiger partial charge on any atom is -0.414 e. The van der Waals surface area contributed by atoms with Gasteiger partial charge in [0.15, 0.2) is 8.32 Å². The monoisotopic (exact) mass is 517 g/mol. The van der Waals surface area contributed by atoms with E-state index in [1.165, 1.54) is 5.56 Å². The summed E-state index contributed by atoms with van der Waals surface area (Å²) in [6.07, 6.45) is 4.50. The number of piperidine rings is 1. The fourth-order valence-electron chi connectivity index (χ4n) is 5.36. The molecule has 4 rings (SSSR count). The molecule has 1 heterocycles. The highest BCUT2D eigenvalue weighted by Gasteiger charge is 2.46. The maximum absolute atomic E-state index is 13.5. The summed E-state index contributed by atoms with van der Waals surface area (Å²) in [6.45, 7) is 11.5. The van der Waals surface area contributed by atoms with Gasteiger partial charge in [0.25, 0.3) is 0 Å². The first-order valence-electron chi connectivity index (χ1n) is 12.5. The van der Waals surface area contributed by atoms with E-state index in [0.717, 1.165) is 36.3 Å². The first kappa shape index (κ1) is 25.8. The third-order valence-corrected chi connectivity index (χ3v) is 13.2. The predicted molar refractivity (Wildman–Crippen MR) is 144 cm³/mol. The van der Waals surface area contributed by atoms with Gasteiger partial charge in [0.2, 0.25) is 5.91 Å². The summed E-state index contributed by atoms with van der Waals surface area (Å²) in [5.74, 6) is 0.439. The lowest BCUT2D eigenvalue weighted by Gasteiger charge is -2.45. The first-order valence-corrected chi connectivity index (χ1v) is 16.1. The van der Waals surface area contributed by atoms with E-state index < -0.39 is 8.32 Å². The van der Waals surface area contributed by atoms with E-state index in [4.69, 9.17) is 27.6 Å². The molecule has 1 saturated carbocycles. The first-order chi connectivity index (χ1) is 16.0. The Morgan fingerprint density at radius 3 is 2.29 bits per heavy atom. The molecule has 0 bridgehead atoms. The Morgan fingerprint density at radius 2 is 1.65 bits per heavy atom. The summed E-state index contributed by atoms with van der Waals surface area (Å²) in [5, 5.41) is 1.62. The second-order valence-electron chi connectivity index (χ2n) is 11.5. The van der Waals surface area contributed by atoms with Crippen LogP contribution in [0.4, 0.5) is 0 Å². The molecule has 3 nitrogen and oxygen atoms in total. The number of rotatable bonds is 5. The van der Waals surface area contributed by atoms with Gasteiger partial charge in [-0.25, -0.2) is 0 Å². The van der Waals surface area contributed by atoms with Gasteiger partial charge in [-0.15, -0.1) is 0 Å². The number of hydrogen-bond acceptors (Lipinski definition) is 2. The van der Waals surface area contributed by atoms with Crippen molar-refractivity contribution in [2.75, 3.05) is 0 Å². The van der Waals surface area contributed by atoms with Gasteiger partial charge in [-0.05, 0) is 79.2 Å². The van der Waals surface area contributed by atoms with Crippen LogP contribution < -0.4 is 0 Å². The summed E-state index contributed by atoms with van der Waals surface area (Å²) in [7, 11) is -1.86. The third-order valence-electron chi connectivity index (χ3n) is 8.14. The van der Waals surface area contributed by atoms with Crippen molar-refractivity contribution in [3.8, 4) is 0 Å². The van der Waals surface area contributed by atoms with Gasteiger partial charge in [0.05, 0.1) is 6.04 Å². The fourth-order valence-corrected chi connectivity index (χ4v) is 7.08. The Morgan fingerprint density at radius 1 is 0.941 bits per heavy atom. The molecule has 184 valence electrons. The Hall–Kier alpha value is -1.33. The molecule has 0 radical (unpaired) electrons. The summed E-state index contributed by atoms with van der Waals surface area (Å²) >= 11 is 12.6. The van der Waals surface area contributed by atoms with Crippen molar-refractivity contribution in [3.05, 3.63) is 69.7 Å². The maximum atomic E-state index is 13.5. The van der Waals surface area contributed by atoms with Gasteiger partial charge in [-0.1, -0.05) is 68.2 Å². The number of carbonyl (C=O) groups excluding carboxylic acids is 1. The van der Waals surface area contributed by atoms with Gasteiger partial charge in [-0.2, -0.15) is 0 Å². The smallest absolute Gasteiger partial charge is 0.223 e. The van der Waals surface area contributed by atoms with Gasteiger partial charge in [0.1, 0.15) is 0 Å². The molecule has 1 aliphatic heterocycles. The molecule has 2 aromatic carbocycles. The van der Waals surface area contributed by atoms with E-state index in [1.807, 2.05) is 24.3 Å². The standard InChI is InChI=1S/C28H37Cl2NO2Si/c1-28(2,3)34(4,5)33-24-14-13-23(18-24)31-26(32)16-15-25(20-7-6-8-22(30)17-20)27(31)19-9-11-21(29)12-10-19/h6-12,17,23-25,27H,13-16,18H2,1-5H3/t23-,24-,25+,27+/m0/s1. The van der Waals surface area contributed by atoms with Crippen LogP contribution in [0.5, 0.6) is 0 Å². The molecule has 0 spiro atoms. The van der Waals surface area contributed by atoms with Crippen molar-refractivity contribution in [2.24, 2.45) is 0 Å². The highest BCUT2D eigenvalue weighted by atomic mass is 35.5. The van der Waals surface area contributed by atoms with E-state index >= 15 is 0 Å². The molecule has 2 aliphatic rings. The number of likely N-dealkylation sites (tertiary alicyclic amines) is 1. The van der Waals surface area contributed by atoms with Crippen molar-refractivity contribution in [1.82, 2.24) is 4.90 Å². The van der Waals surface area contributed by atoms with Crippen LogP contribution in [0, 0.1) is 0 Å². The molecule has 1 amide bonds. The van der Waals surface area contributed by atoms with Crippen LogP contribution in [-0.4, -0.2) is 31.3 Å². The summed E-state index contributed by atoms with van der Waals surface area (Å²) in [4.78, 5) is 15.7. The van der Waals surface area contributed by atoms with Crippen LogP contribution in [0.25, 0.3) is 0 Å². The van der Waals surface area contributed by atoms with Crippen LogP contribution in [0.3, 0.4) is 0 Å². The van der Waals surface area contributed by atoms with Crippen molar-refractivity contribution in [3.63, 3.8) is 0 Å². The summed E-state index contributed by atoms with van der Waals surface area (Å²) in [5.41, 5.74) is 2.33. The molecule has 1 saturated heterocycles. The van der Waals surface area contributed by atoms with E-state index in [0.29, 0.717) is 11.4 Å². The summed E-state index contributed by atoms with van der Waals surface area (Å²) in [6, 6.07) is 16.3. The van der Waals surface area contributed by atoms with E-state index in [1.54, 1.807) is 0 Å². The Balaban J connectivity index is 1.65. The molecule has 1 aliphatic carbocycles. The Bertz CT molecular complexity index is 1020. The molecule has 6 heteroatoms. The van der Waals surface area contributed by atoms with Crippen LogP contribution in [0.15, 0.2) is 48.5 Å². The molecular formula is C28H37Cl2NO2Si.